The number of amides is 1. The molecule has 0 aliphatic carbocycles. The number of hydrogen-bond acceptors (Lipinski definition) is 13. The summed E-state index contributed by atoms with van der Waals surface area (Å²) in [4.78, 5) is 13.3. The molecular formula is C61H107NO13. The summed E-state index contributed by atoms with van der Waals surface area (Å²) in [5.74, 6) is -0.223. The van der Waals surface area contributed by atoms with Crippen LogP contribution in [-0.4, -0.2) is 140 Å². The van der Waals surface area contributed by atoms with Gasteiger partial charge in [0, 0.05) is 6.42 Å². The summed E-state index contributed by atoms with van der Waals surface area (Å²) in [7, 11) is 0. The fourth-order valence-electron chi connectivity index (χ4n) is 9.42. The van der Waals surface area contributed by atoms with E-state index < -0.39 is 86.8 Å². The van der Waals surface area contributed by atoms with Gasteiger partial charge in [-0.3, -0.25) is 4.79 Å². The zero-order valence-corrected chi connectivity index (χ0v) is 46.5. The maximum Gasteiger partial charge on any atom is 0.220 e. The van der Waals surface area contributed by atoms with Gasteiger partial charge in [-0.1, -0.05) is 215 Å². The van der Waals surface area contributed by atoms with Gasteiger partial charge in [-0.2, -0.15) is 0 Å². The zero-order valence-electron chi connectivity index (χ0n) is 46.5. The minimum Gasteiger partial charge on any atom is -0.394 e. The van der Waals surface area contributed by atoms with E-state index in [1.807, 2.05) is 0 Å². The average molecular weight is 1060 g/mol. The number of ether oxygens (including phenoxy) is 4. The molecule has 0 aromatic rings. The van der Waals surface area contributed by atoms with Gasteiger partial charge < -0.3 is 65.1 Å². The highest BCUT2D eigenvalue weighted by molar-refractivity contribution is 5.76. The third kappa shape index (κ3) is 32.2. The summed E-state index contributed by atoms with van der Waals surface area (Å²) in [6.45, 7) is 2.73. The molecule has 9 N–H and O–H groups in total. The van der Waals surface area contributed by atoms with Crippen molar-refractivity contribution in [3.63, 3.8) is 0 Å². The Bertz CT molecular complexity index is 1530. The smallest absolute Gasteiger partial charge is 0.220 e. The second-order valence-electron chi connectivity index (χ2n) is 20.7. The Morgan fingerprint density at radius 1 is 0.493 bits per heavy atom. The normalized spacial score (nSPS) is 25.6. The number of unbranched alkanes of at least 4 members (excludes halogenated alkanes) is 21. The van der Waals surface area contributed by atoms with Gasteiger partial charge in [-0.25, -0.2) is 0 Å². The molecule has 2 saturated heterocycles. The molecule has 2 rings (SSSR count). The number of carbonyl (C=O) groups excluding carboxylic acids is 1. The van der Waals surface area contributed by atoms with Crippen LogP contribution in [0.25, 0.3) is 0 Å². The van der Waals surface area contributed by atoms with Gasteiger partial charge in [0.15, 0.2) is 12.6 Å². The topological polar surface area (TPSA) is 228 Å². The molecule has 0 radical (unpaired) electrons. The maximum absolute atomic E-state index is 13.3. The first kappa shape index (κ1) is 68.5. The average Bonchev–Trinajstić information content (AvgIpc) is 3.41. The lowest BCUT2D eigenvalue weighted by Gasteiger charge is -2.46. The predicted molar refractivity (Wildman–Crippen MR) is 300 cm³/mol. The van der Waals surface area contributed by atoms with E-state index in [0.29, 0.717) is 12.8 Å². The third-order valence-corrected chi connectivity index (χ3v) is 14.2. The van der Waals surface area contributed by atoms with E-state index in [4.69, 9.17) is 18.9 Å². The Kier molecular flexibility index (Phi) is 42.4. The molecule has 14 heteroatoms. The predicted octanol–water partition coefficient (Wildman–Crippen LogP) is 9.94. The van der Waals surface area contributed by atoms with Crippen molar-refractivity contribution < 1.29 is 64.6 Å². The van der Waals surface area contributed by atoms with E-state index >= 15 is 0 Å². The van der Waals surface area contributed by atoms with E-state index in [9.17, 15) is 45.6 Å². The molecular weight excluding hydrogens is 955 g/mol. The monoisotopic (exact) mass is 1060 g/mol. The van der Waals surface area contributed by atoms with Crippen molar-refractivity contribution in [1.29, 1.82) is 0 Å². The van der Waals surface area contributed by atoms with Crippen molar-refractivity contribution in [2.24, 2.45) is 0 Å². The van der Waals surface area contributed by atoms with Crippen molar-refractivity contribution in [3.05, 3.63) is 72.9 Å². The van der Waals surface area contributed by atoms with Crippen LogP contribution in [-0.2, 0) is 23.7 Å². The van der Waals surface area contributed by atoms with Gasteiger partial charge in [0.1, 0.15) is 48.8 Å². The first-order valence-corrected chi connectivity index (χ1v) is 29.7. The number of rotatable bonds is 46. The molecule has 1 amide bonds. The summed E-state index contributed by atoms with van der Waals surface area (Å²) >= 11 is 0. The summed E-state index contributed by atoms with van der Waals surface area (Å²) in [5.41, 5.74) is 0. The Balaban J connectivity index is 1.76. The highest BCUT2D eigenvalue weighted by atomic mass is 16.7. The van der Waals surface area contributed by atoms with Crippen molar-refractivity contribution >= 4 is 5.91 Å². The van der Waals surface area contributed by atoms with Crippen molar-refractivity contribution in [2.45, 2.75) is 286 Å². The minimum atomic E-state index is -1.79. The van der Waals surface area contributed by atoms with Crippen molar-refractivity contribution in [1.82, 2.24) is 5.32 Å². The molecule has 75 heavy (non-hydrogen) atoms. The van der Waals surface area contributed by atoms with E-state index in [1.54, 1.807) is 0 Å². The molecule has 0 saturated carbocycles. The number of carbonyl (C=O) groups is 1. The number of aliphatic hydroxyl groups is 8. The molecule has 2 heterocycles. The lowest BCUT2D eigenvalue weighted by atomic mass is 9.97. The van der Waals surface area contributed by atoms with Crippen LogP contribution >= 0.6 is 0 Å². The van der Waals surface area contributed by atoms with Crippen LogP contribution in [0.2, 0.25) is 0 Å². The van der Waals surface area contributed by atoms with Crippen molar-refractivity contribution in [2.75, 3.05) is 19.8 Å². The number of aliphatic hydroxyl groups excluding tert-OH is 8. The lowest BCUT2D eigenvalue weighted by molar-refractivity contribution is -0.359. The minimum absolute atomic E-state index is 0.223. The van der Waals surface area contributed by atoms with Crippen LogP contribution in [0.5, 0.6) is 0 Å². The highest BCUT2D eigenvalue weighted by Gasteiger charge is 2.51. The summed E-state index contributed by atoms with van der Waals surface area (Å²) < 4.78 is 22.8. The summed E-state index contributed by atoms with van der Waals surface area (Å²) in [6, 6.07) is -0.841. The summed E-state index contributed by atoms with van der Waals surface area (Å²) in [5, 5.41) is 87.2. The van der Waals surface area contributed by atoms with Gasteiger partial charge in [-0.15, -0.1) is 0 Å². The number of nitrogens with one attached hydrogen (secondary N) is 1. The van der Waals surface area contributed by atoms with E-state index in [-0.39, 0.29) is 18.9 Å². The van der Waals surface area contributed by atoms with E-state index in [2.05, 4.69) is 92.1 Å². The largest absolute Gasteiger partial charge is 0.394 e. The quantitative estimate of drug-likeness (QED) is 0.0205. The highest BCUT2D eigenvalue weighted by Crippen LogP contribution is 2.30. The van der Waals surface area contributed by atoms with Crippen LogP contribution in [0.3, 0.4) is 0 Å². The Hall–Kier alpha value is -2.57. The lowest BCUT2D eigenvalue weighted by Crippen LogP contribution is -2.65. The molecule has 2 fully saturated rings. The fraction of sp³-hybridized carbons (Fsp3) is 0.787. The molecule has 14 nitrogen and oxygen atoms in total. The molecule has 2 aliphatic heterocycles. The molecule has 0 bridgehead atoms. The van der Waals surface area contributed by atoms with Crippen LogP contribution in [0.15, 0.2) is 72.9 Å². The SMILES string of the molecule is CC/C=C\C/C=C\C/C=C\C/C=C\C/C=C\C/C=C\CCCCCCCCC(=O)NC(COC1OC(CO)C(OC2OC(CO)C(O)C(O)C2O)C(O)C1O)C(O)CCCCCCCCCCCCCCCCCC. The van der Waals surface area contributed by atoms with Gasteiger partial charge in [-0.05, 0) is 64.2 Å². The van der Waals surface area contributed by atoms with Gasteiger partial charge in [0.05, 0.1) is 32.0 Å². The van der Waals surface area contributed by atoms with Gasteiger partial charge in [0.25, 0.3) is 0 Å². The van der Waals surface area contributed by atoms with Gasteiger partial charge >= 0.3 is 0 Å². The first-order valence-electron chi connectivity index (χ1n) is 29.7. The number of allylic oxidation sites excluding steroid dienone is 12. The van der Waals surface area contributed by atoms with Gasteiger partial charge in [0.2, 0.25) is 5.91 Å². The van der Waals surface area contributed by atoms with Crippen LogP contribution in [0, 0.1) is 0 Å². The molecule has 0 aromatic heterocycles. The Morgan fingerprint density at radius 2 is 0.920 bits per heavy atom. The van der Waals surface area contributed by atoms with Crippen LogP contribution < -0.4 is 5.32 Å². The second kappa shape index (κ2) is 46.4. The number of hydrogen-bond donors (Lipinski definition) is 9. The molecule has 434 valence electrons. The molecule has 12 atom stereocenters. The molecule has 12 unspecified atom stereocenters. The first-order chi connectivity index (χ1) is 36.6. The fourth-order valence-corrected chi connectivity index (χ4v) is 9.42. The van der Waals surface area contributed by atoms with Crippen LogP contribution in [0.4, 0.5) is 0 Å². The Morgan fingerprint density at radius 3 is 1.41 bits per heavy atom. The van der Waals surface area contributed by atoms with E-state index in [0.717, 1.165) is 103 Å². The third-order valence-electron chi connectivity index (χ3n) is 14.2. The zero-order chi connectivity index (χ0) is 54.6. The molecule has 0 aromatic carbocycles. The standard InChI is InChI=1S/C61H107NO13/c1-3-5-7-9-11-13-15-17-19-21-22-23-24-25-26-27-28-29-31-33-35-37-39-41-43-45-53(66)62-49(50(65)44-42-40-38-36-34-32-30-20-18-16-14-12-10-8-6-4-2)48-72-60-58(71)56(69)59(52(47-64)74-60)75-61-57(70)55(68)54(67)51(46-63)73-61/h5,7,11,13,17,19,22-23,25-26,28-29,49-52,54-61,63-65,67-71H,3-4,6,8-10,12,14-16,18,20-21,24,27,30-48H2,1-2H3,(H,62,66)/b7-5-,13-11-,19-17-,23-22-,26-25-,29-28-. The molecule has 0 spiro atoms. The second-order valence-corrected chi connectivity index (χ2v) is 20.7. The maximum atomic E-state index is 13.3. The summed E-state index contributed by atoms with van der Waals surface area (Å²) in [6.07, 6.45) is 43.2. The van der Waals surface area contributed by atoms with E-state index in [1.165, 1.54) is 77.0 Å². The van der Waals surface area contributed by atoms with Crippen LogP contribution in [0.1, 0.15) is 213 Å². The van der Waals surface area contributed by atoms with Crippen molar-refractivity contribution in [3.8, 4) is 0 Å². The Labute approximate surface area is 453 Å². The molecule has 2 aliphatic rings.